The summed E-state index contributed by atoms with van der Waals surface area (Å²) in [4.78, 5) is 53.1. The van der Waals surface area contributed by atoms with Gasteiger partial charge in [-0.2, -0.15) is 0 Å². The highest BCUT2D eigenvalue weighted by molar-refractivity contribution is 5.81. The Labute approximate surface area is 427 Å². The molecule has 1 heterocycles. The summed E-state index contributed by atoms with van der Waals surface area (Å²) in [7, 11) is 0. The lowest BCUT2D eigenvalue weighted by Gasteiger charge is -2.25. The molecule has 3 N–H and O–H groups in total. The second-order valence-corrected chi connectivity index (χ2v) is 21.3. The lowest BCUT2D eigenvalue weighted by molar-refractivity contribution is -0.160. The van der Waals surface area contributed by atoms with Crippen molar-refractivity contribution in [1.29, 1.82) is 0 Å². The third-order valence-electron chi connectivity index (χ3n) is 11.8. The Morgan fingerprint density at radius 1 is 0.417 bits per heavy atom. The van der Waals surface area contributed by atoms with Crippen molar-refractivity contribution in [1.82, 2.24) is 15.0 Å². The molecular weight excluding hydrogens is 919 g/mol. The Morgan fingerprint density at radius 3 is 0.889 bits per heavy atom. The van der Waals surface area contributed by atoms with Gasteiger partial charge in [0.2, 0.25) is 0 Å². The summed E-state index contributed by atoms with van der Waals surface area (Å²) in [6, 6.07) is 13.2. The summed E-state index contributed by atoms with van der Waals surface area (Å²) < 4.78 is 34.7. The molecule has 0 amide bonds. The number of phenols is 3. The Bertz CT molecular complexity index is 2120. The summed E-state index contributed by atoms with van der Waals surface area (Å²) in [6.07, 6.45) is 11.6. The molecule has 0 spiro atoms. The van der Waals surface area contributed by atoms with E-state index < -0.39 is 34.7 Å². The van der Waals surface area contributed by atoms with Gasteiger partial charge in [-0.05, 0) is 115 Å². The minimum atomic E-state index is -1.38. The Morgan fingerprint density at radius 2 is 0.667 bits per heavy atom. The van der Waals surface area contributed by atoms with Gasteiger partial charge in [0.1, 0.15) is 34.5 Å². The van der Waals surface area contributed by atoms with Crippen LogP contribution < -0.4 is 14.2 Å². The summed E-state index contributed by atoms with van der Waals surface area (Å²) in [6.45, 7) is 23.4. The van der Waals surface area contributed by atoms with Gasteiger partial charge in [0.25, 0.3) is 0 Å². The van der Waals surface area contributed by atoms with E-state index in [0.717, 1.165) is 77.0 Å². The standard InChI is InChI=1S/C57H81N3O12/c1-37(2)22-16-13-19-31-67-52(64)55(7,8)70-40-25-28-43(46(61)34-40)49-58-50(44-29-26-41(35-47(44)62)71-56(9,10)53(65)68-32-20-14-17-23-38(3)4)60-51(59-49)45-30-27-42(36-48(45)63)72-57(11,12)54(66)69-33-21-15-18-24-39(5)6/h25-30,34-39,61-63H,13-24,31-33H2,1-12H3. The predicted molar refractivity (Wildman–Crippen MR) is 278 cm³/mol. The lowest BCUT2D eigenvalue weighted by Crippen LogP contribution is -2.39. The van der Waals surface area contributed by atoms with Crippen molar-refractivity contribution in [2.45, 2.75) is 177 Å². The number of aromatic hydroxyl groups is 3. The van der Waals surface area contributed by atoms with Crippen LogP contribution in [-0.2, 0) is 28.6 Å². The molecule has 0 aliphatic rings. The van der Waals surface area contributed by atoms with Gasteiger partial charge in [-0.3, -0.25) is 0 Å². The highest BCUT2D eigenvalue weighted by Gasteiger charge is 2.35. The average Bonchev–Trinajstić information content (AvgIpc) is 3.28. The molecule has 3 aromatic carbocycles. The quantitative estimate of drug-likeness (QED) is 0.0252. The van der Waals surface area contributed by atoms with Crippen LogP contribution in [0.15, 0.2) is 54.6 Å². The fourth-order valence-electron chi connectivity index (χ4n) is 7.55. The maximum absolute atomic E-state index is 13.1. The van der Waals surface area contributed by atoms with Gasteiger partial charge in [0.05, 0.1) is 36.5 Å². The van der Waals surface area contributed by atoms with Crippen LogP contribution in [0.3, 0.4) is 0 Å². The molecule has 15 heteroatoms. The number of rotatable bonds is 30. The van der Waals surface area contributed by atoms with Crippen LogP contribution in [0.5, 0.6) is 34.5 Å². The van der Waals surface area contributed by atoms with E-state index in [0.29, 0.717) is 17.8 Å². The molecule has 0 unspecified atom stereocenters. The number of nitrogens with zero attached hydrogens (tertiary/aromatic N) is 3. The monoisotopic (exact) mass is 1000 g/mol. The van der Waals surface area contributed by atoms with Gasteiger partial charge in [0.15, 0.2) is 34.3 Å². The maximum atomic E-state index is 13.1. The second-order valence-electron chi connectivity index (χ2n) is 21.3. The largest absolute Gasteiger partial charge is 0.507 e. The van der Waals surface area contributed by atoms with Crippen molar-refractivity contribution in [3.63, 3.8) is 0 Å². The van der Waals surface area contributed by atoms with E-state index in [2.05, 4.69) is 56.5 Å². The van der Waals surface area contributed by atoms with Crippen LogP contribution in [0, 0.1) is 17.8 Å². The molecule has 396 valence electrons. The van der Waals surface area contributed by atoms with E-state index in [1.54, 1.807) is 59.7 Å². The van der Waals surface area contributed by atoms with E-state index >= 15 is 0 Å². The van der Waals surface area contributed by atoms with Gasteiger partial charge < -0.3 is 43.7 Å². The molecule has 0 fully saturated rings. The molecule has 0 saturated heterocycles. The summed E-state index contributed by atoms with van der Waals surface area (Å²) in [5.41, 5.74) is -3.75. The molecule has 0 bridgehead atoms. The molecule has 1 aromatic heterocycles. The molecule has 0 atom stereocenters. The van der Waals surface area contributed by atoms with E-state index in [9.17, 15) is 29.7 Å². The van der Waals surface area contributed by atoms with E-state index in [4.69, 9.17) is 28.4 Å². The Kier molecular flexibility index (Phi) is 22.0. The number of hydrogen-bond acceptors (Lipinski definition) is 15. The van der Waals surface area contributed by atoms with Crippen LogP contribution >= 0.6 is 0 Å². The third kappa shape index (κ3) is 18.5. The molecule has 0 aliphatic carbocycles. The summed E-state index contributed by atoms with van der Waals surface area (Å²) >= 11 is 0. The number of aromatic nitrogens is 3. The number of carbonyl (C=O) groups is 3. The third-order valence-corrected chi connectivity index (χ3v) is 11.8. The Balaban J connectivity index is 1.62. The van der Waals surface area contributed by atoms with Crippen LogP contribution in [0.1, 0.15) is 160 Å². The van der Waals surface area contributed by atoms with E-state index in [1.165, 1.54) is 36.4 Å². The first-order valence-corrected chi connectivity index (χ1v) is 25.7. The second kappa shape index (κ2) is 27.1. The topological polar surface area (TPSA) is 206 Å². The number of phenolic OH excluding ortho intramolecular Hbond substituents is 3. The highest BCUT2D eigenvalue weighted by atomic mass is 16.6. The van der Waals surface area contributed by atoms with Crippen LogP contribution in [0.25, 0.3) is 34.2 Å². The predicted octanol–water partition coefficient (Wildman–Crippen LogP) is 12.7. The number of esters is 3. The van der Waals surface area contributed by atoms with Gasteiger partial charge in [0, 0.05) is 18.2 Å². The molecule has 72 heavy (non-hydrogen) atoms. The van der Waals surface area contributed by atoms with Crippen molar-refractivity contribution in [3.8, 4) is 68.7 Å². The SMILES string of the molecule is CC(C)CCCCCOC(=O)C(C)(C)Oc1ccc(-c2nc(-c3ccc(OC(C)(C)C(=O)OCCCCCC(C)C)cc3O)nc(-c3ccc(OC(C)(C)C(=O)OCCCCCC(C)C)cc3O)n2)c(O)c1. The summed E-state index contributed by atoms with van der Waals surface area (Å²) in [5.74, 6) is -0.330. The van der Waals surface area contributed by atoms with Crippen molar-refractivity contribution in [3.05, 3.63) is 54.6 Å². The van der Waals surface area contributed by atoms with Crippen molar-refractivity contribution in [2.75, 3.05) is 19.8 Å². The Hall–Kier alpha value is -6.12. The van der Waals surface area contributed by atoms with Crippen LogP contribution in [0.2, 0.25) is 0 Å². The summed E-state index contributed by atoms with van der Waals surface area (Å²) in [5, 5.41) is 34.4. The molecular formula is C57H81N3O12. The van der Waals surface area contributed by atoms with Crippen molar-refractivity contribution >= 4 is 17.9 Å². The van der Waals surface area contributed by atoms with Crippen molar-refractivity contribution in [2.24, 2.45) is 17.8 Å². The average molecular weight is 1000 g/mol. The van der Waals surface area contributed by atoms with Crippen LogP contribution in [-0.4, -0.2) is 84.8 Å². The molecule has 15 nitrogen and oxygen atoms in total. The number of carbonyl (C=O) groups excluding carboxylic acids is 3. The van der Waals surface area contributed by atoms with Crippen LogP contribution in [0.4, 0.5) is 0 Å². The number of benzene rings is 3. The normalized spacial score (nSPS) is 12.0. The maximum Gasteiger partial charge on any atom is 0.349 e. The van der Waals surface area contributed by atoms with Gasteiger partial charge in [-0.1, -0.05) is 99.3 Å². The van der Waals surface area contributed by atoms with Crippen molar-refractivity contribution < 1.29 is 58.1 Å². The lowest BCUT2D eigenvalue weighted by atomic mass is 10.1. The minimum absolute atomic E-state index is 0.0455. The minimum Gasteiger partial charge on any atom is -0.507 e. The fraction of sp³-hybridized carbons (Fsp3) is 0.579. The van der Waals surface area contributed by atoms with Gasteiger partial charge >= 0.3 is 17.9 Å². The zero-order valence-corrected chi connectivity index (χ0v) is 44.9. The molecule has 0 saturated carbocycles. The zero-order valence-electron chi connectivity index (χ0n) is 44.9. The molecule has 4 aromatic rings. The number of hydrogen-bond donors (Lipinski definition) is 3. The first kappa shape index (κ1) is 58.5. The number of unbranched alkanes of at least 4 members (excludes halogenated alkanes) is 6. The zero-order chi connectivity index (χ0) is 53.2. The first-order valence-electron chi connectivity index (χ1n) is 25.7. The van der Waals surface area contributed by atoms with E-state index in [-0.39, 0.29) is 88.5 Å². The fourth-order valence-corrected chi connectivity index (χ4v) is 7.55. The molecule has 0 radical (unpaired) electrons. The van der Waals surface area contributed by atoms with E-state index in [1.807, 2.05) is 0 Å². The van der Waals surface area contributed by atoms with Gasteiger partial charge in [-0.25, -0.2) is 29.3 Å². The first-order chi connectivity index (χ1) is 33.9. The van der Waals surface area contributed by atoms with Gasteiger partial charge in [-0.15, -0.1) is 0 Å². The highest BCUT2D eigenvalue weighted by Crippen LogP contribution is 2.39. The molecule has 4 rings (SSSR count). The molecule has 0 aliphatic heterocycles. The number of ether oxygens (including phenoxy) is 6. The smallest absolute Gasteiger partial charge is 0.349 e.